The number of amides is 1. The molecular formula is C14H29NO. The van der Waals surface area contributed by atoms with Crippen LogP contribution in [0.2, 0.25) is 0 Å². The summed E-state index contributed by atoms with van der Waals surface area (Å²) in [5, 5.41) is 0. The first-order valence-electron chi connectivity index (χ1n) is 6.96. The number of rotatable bonds is 10. The molecule has 1 amide bonds. The van der Waals surface area contributed by atoms with E-state index < -0.39 is 0 Å². The molecule has 0 aromatic rings. The molecule has 0 radical (unpaired) electrons. The lowest BCUT2D eigenvalue weighted by Gasteiger charge is -2.16. The number of carbonyl (C=O) groups excluding carboxylic acids is 1. The maximum atomic E-state index is 11.7. The maximum absolute atomic E-state index is 11.7. The van der Waals surface area contributed by atoms with Crippen molar-refractivity contribution in [3.8, 4) is 0 Å². The molecule has 16 heavy (non-hydrogen) atoms. The monoisotopic (exact) mass is 227 g/mol. The molecular weight excluding hydrogens is 198 g/mol. The third-order valence-corrected chi connectivity index (χ3v) is 3.02. The Labute approximate surface area is 101 Å². The SMILES string of the molecule is CCCCCCC(=O)N(C)CCCCCC. The molecule has 0 saturated heterocycles. The van der Waals surface area contributed by atoms with Crippen LogP contribution in [0.3, 0.4) is 0 Å². The normalized spacial score (nSPS) is 10.4. The van der Waals surface area contributed by atoms with Crippen LogP contribution in [0.15, 0.2) is 0 Å². The minimum absolute atomic E-state index is 0.326. The van der Waals surface area contributed by atoms with Crippen LogP contribution in [0.5, 0.6) is 0 Å². The molecule has 0 aliphatic heterocycles. The van der Waals surface area contributed by atoms with Gasteiger partial charge in [0, 0.05) is 20.0 Å². The summed E-state index contributed by atoms with van der Waals surface area (Å²) >= 11 is 0. The first kappa shape index (κ1) is 15.5. The fraction of sp³-hybridized carbons (Fsp3) is 0.929. The zero-order chi connectivity index (χ0) is 12.2. The van der Waals surface area contributed by atoms with Gasteiger partial charge in [0.15, 0.2) is 0 Å². The van der Waals surface area contributed by atoms with Gasteiger partial charge in [-0.1, -0.05) is 52.4 Å². The molecule has 2 nitrogen and oxygen atoms in total. The predicted octanol–water partition coefficient (Wildman–Crippen LogP) is 4.00. The van der Waals surface area contributed by atoms with E-state index in [0.717, 1.165) is 25.8 Å². The summed E-state index contributed by atoms with van der Waals surface area (Å²) in [4.78, 5) is 13.6. The van der Waals surface area contributed by atoms with E-state index in [1.807, 2.05) is 11.9 Å². The van der Waals surface area contributed by atoms with E-state index in [9.17, 15) is 4.79 Å². The summed E-state index contributed by atoms with van der Waals surface area (Å²) in [6.45, 7) is 5.34. The Bertz CT molecular complexity index is 168. The van der Waals surface area contributed by atoms with E-state index >= 15 is 0 Å². The van der Waals surface area contributed by atoms with Crippen LogP contribution in [0, 0.1) is 0 Å². The van der Waals surface area contributed by atoms with Crippen molar-refractivity contribution >= 4 is 5.91 Å². The third kappa shape index (κ3) is 8.75. The lowest BCUT2D eigenvalue weighted by atomic mass is 10.1. The molecule has 0 fully saturated rings. The molecule has 0 aromatic carbocycles. The van der Waals surface area contributed by atoms with Crippen LogP contribution >= 0.6 is 0 Å². The van der Waals surface area contributed by atoms with Crippen LogP contribution in [0.4, 0.5) is 0 Å². The third-order valence-electron chi connectivity index (χ3n) is 3.02. The van der Waals surface area contributed by atoms with Gasteiger partial charge in [-0.05, 0) is 12.8 Å². The Morgan fingerprint density at radius 2 is 1.44 bits per heavy atom. The summed E-state index contributed by atoms with van der Waals surface area (Å²) in [5.74, 6) is 0.326. The second kappa shape index (κ2) is 11.0. The van der Waals surface area contributed by atoms with E-state index in [1.165, 1.54) is 38.5 Å². The van der Waals surface area contributed by atoms with Crippen molar-refractivity contribution in [3.05, 3.63) is 0 Å². The van der Waals surface area contributed by atoms with E-state index in [0.29, 0.717) is 5.91 Å². The number of carbonyl (C=O) groups is 1. The van der Waals surface area contributed by atoms with Gasteiger partial charge in [-0.25, -0.2) is 0 Å². The largest absolute Gasteiger partial charge is 0.346 e. The van der Waals surface area contributed by atoms with Gasteiger partial charge in [0.1, 0.15) is 0 Å². The van der Waals surface area contributed by atoms with Crippen LogP contribution in [0.25, 0.3) is 0 Å². The Morgan fingerprint density at radius 3 is 2.00 bits per heavy atom. The lowest BCUT2D eigenvalue weighted by Crippen LogP contribution is -2.27. The maximum Gasteiger partial charge on any atom is 0.222 e. The minimum atomic E-state index is 0.326. The molecule has 0 heterocycles. The topological polar surface area (TPSA) is 20.3 Å². The standard InChI is InChI=1S/C14H29NO/c1-4-6-8-10-12-14(16)15(3)13-11-9-7-5-2/h4-13H2,1-3H3. The van der Waals surface area contributed by atoms with Crippen LogP contribution in [-0.4, -0.2) is 24.4 Å². The number of nitrogens with zero attached hydrogens (tertiary/aromatic N) is 1. The highest BCUT2D eigenvalue weighted by Crippen LogP contribution is 2.06. The van der Waals surface area contributed by atoms with Crippen molar-refractivity contribution in [1.82, 2.24) is 4.90 Å². The van der Waals surface area contributed by atoms with E-state index in [2.05, 4.69) is 13.8 Å². The molecule has 0 unspecified atom stereocenters. The Morgan fingerprint density at radius 1 is 0.875 bits per heavy atom. The van der Waals surface area contributed by atoms with Gasteiger partial charge in [-0.3, -0.25) is 4.79 Å². The van der Waals surface area contributed by atoms with E-state index in [-0.39, 0.29) is 0 Å². The molecule has 0 N–H and O–H groups in total. The molecule has 0 aliphatic carbocycles. The van der Waals surface area contributed by atoms with Crippen LogP contribution < -0.4 is 0 Å². The van der Waals surface area contributed by atoms with Gasteiger partial charge >= 0.3 is 0 Å². The van der Waals surface area contributed by atoms with Crippen LogP contribution in [0.1, 0.15) is 71.6 Å². The fourth-order valence-electron chi connectivity index (χ4n) is 1.79. The summed E-state index contributed by atoms with van der Waals surface area (Å²) in [5.41, 5.74) is 0. The molecule has 96 valence electrons. The molecule has 0 spiro atoms. The summed E-state index contributed by atoms with van der Waals surface area (Å²) in [7, 11) is 1.94. The molecule has 0 aliphatic rings. The lowest BCUT2D eigenvalue weighted by molar-refractivity contribution is -0.130. The van der Waals surface area contributed by atoms with Crippen molar-refractivity contribution in [2.75, 3.05) is 13.6 Å². The molecule has 2 heteroatoms. The van der Waals surface area contributed by atoms with Gasteiger partial charge in [-0.2, -0.15) is 0 Å². The van der Waals surface area contributed by atoms with Gasteiger partial charge in [0.25, 0.3) is 0 Å². The van der Waals surface area contributed by atoms with Crippen molar-refractivity contribution in [2.45, 2.75) is 71.6 Å². The fourth-order valence-corrected chi connectivity index (χ4v) is 1.79. The highest BCUT2D eigenvalue weighted by molar-refractivity contribution is 5.75. The van der Waals surface area contributed by atoms with Crippen molar-refractivity contribution in [2.24, 2.45) is 0 Å². The summed E-state index contributed by atoms with van der Waals surface area (Å²) in [6.07, 6.45) is 10.5. The number of unbranched alkanes of at least 4 members (excludes halogenated alkanes) is 6. The first-order valence-corrected chi connectivity index (χ1v) is 6.96. The van der Waals surface area contributed by atoms with Gasteiger partial charge < -0.3 is 4.90 Å². The molecule has 0 rings (SSSR count). The minimum Gasteiger partial charge on any atom is -0.346 e. The highest BCUT2D eigenvalue weighted by atomic mass is 16.2. The second-order valence-electron chi connectivity index (χ2n) is 4.69. The zero-order valence-electron chi connectivity index (χ0n) is 11.4. The smallest absolute Gasteiger partial charge is 0.222 e. The van der Waals surface area contributed by atoms with Crippen molar-refractivity contribution < 1.29 is 4.79 Å². The quantitative estimate of drug-likeness (QED) is 0.517. The van der Waals surface area contributed by atoms with E-state index in [1.54, 1.807) is 0 Å². The van der Waals surface area contributed by atoms with Crippen molar-refractivity contribution in [3.63, 3.8) is 0 Å². The van der Waals surface area contributed by atoms with E-state index in [4.69, 9.17) is 0 Å². The summed E-state index contributed by atoms with van der Waals surface area (Å²) in [6, 6.07) is 0. The van der Waals surface area contributed by atoms with Crippen molar-refractivity contribution in [1.29, 1.82) is 0 Å². The second-order valence-corrected chi connectivity index (χ2v) is 4.69. The highest BCUT2D eigenvalue weighted by Gasteiger charge is 2.06. The number of hydrogen-bond acceptors (Lipinski definition) is 1. The zero-order valence-corrected chi connectivity index (χ0v) is 11.4. The Hall–Kier alpha value is -0.530. The average Bonchev–Trinajstić information content (AvgIpc) is 2.29. The summed E-state index contributed by atoms with van der Waals surface area (Å²) < 4.78 is 0. The first-order chi connectivity index (χ1) is 7.72. The molecule has 0 atom stereocenters. The Kier molecular flexibility index (Phi) is 10.6. The van der Waals surface area contributed by atoms with Crippen LogP contribution in [-0.2, 0) is 4.79 Å². The van der Waals surface area contributed by atoms with Gasteiger partial charge in [0.2, 0.25) is 5.91 Å². The predicted molar refractivity (Wildman–Crippen MR) is 70.5 cm³/mol. The van der Waals surface area contributed by atoms with Gasteiger partial charge in [0.05, 0.1) is 0 Å². The number of hydrogen-bond donors (Lipinski definition) is 0. The molecule has 0 saturated carbocycles. The Balaban J connectivity index is 3.42. The average molecular weight is 227 g/mol. The molecule has 0 aromatic heterocycles. The molecule has 0 bridgehead atoms. The van der Waals surface area contributed by atoms with Gasteiger partial charge in [-0.15, -0.1) is 0 Å².